The van der Waals surface area contributed by atoms with Crippen LogP contribution in [-0.2, 0) is 6.54 Å². The van der Waals surface area contributed by atoms with Gasteiger partial charge in [0.15, 0.2) is 11.5 Å². The van der Waals surface area contributed by atoms with E-state index in [2.05, 4.69) is 20.2 Å². The molecule has 0 aliphatic heterocycles. The van der Waals surface area contributed by atoms with Crippen molar-refractivity contribution < 1.29 is 0 Å². The Morgan fingerprint density at radius 1 is 1.28 bits per heavy atom. The molecular formula is C11H12N6S. The molecule has 2 N–H and O–H groups in total. The smallest absolute Gasteiger partial charge is 0.189 e. The van der Waals surface area contributed by atoms with Crippen molar-refractivity contribution in [3.8, 4) is 11.5 Å². The number of fused-ring (bicyclic) bond motifs is 1. The number of thiazole rings is 1. The normalized spacial score (nSPS) is 11.3. The third kappa shape index (κ3) is 1.68. The van der Waals surface area contributed by atoms with Crippen molar-refractivity contribution in [3.63, 3.8) is 0 Å². The molecule has 3 heterocycles. The van der Waals surface area contributed by atoms with Gasteiger partial charge in [-0.2, -0.15) is 0 Å². The summed E-state index contributed by atoms with van der Waals surface area (Å²) in [5.74, 6) is 1.57. The molecule has 0 radical (unpaired) electrons. The average molecular weight is 260 g/mol. The van der Waals surface area contributed by atoms with Crippen LogP contribution in [0.25, 0.3) is 17.2 Å². The lowest BCUT2D eigenvalue weighted by Gasteiger charge is -2.02. The maximum Gasteiger partial charge on any atom is 0.189 e. The Hall–Kier alpha value is -1.86. The molecule has 3 rings (SSSR count). The molecule has 0 aliphatic rings. The van der Waals surface area contributed by atoms with Crippen molar-refractivity contribution >= 4 is 17.0 Å². The van der Waals surface area contributed by atoms with Gasteiger partial charge in [-0.1, -0.05) is 0 Å². The number of nitrogens with zero attached hydrogens (tertiary/aromatic N) is 5. The Bertz CT molecular complexity index is 713. The molecule has 3 aromatic rings. The summed E-state index contributed by atoms with van der Waals surface area (Å²) < 4.78 is 1.91. The standard InChI is InChI=1S/C11H12N6S/c1-6-3-9-15-16-11(17(9)7(2)13-6)8-5-18-10(4-12)14-8/h3,5H,4,12H2,1-2H3. The van der Waals surface area contributed by atoms with E-state index in [4.69, 9.17) is 5.73 Å². The van der Waals surface area contributed by atoms with Gasteiger partial charge in [-0.3, -0.25) is 4.40 Å². The maximum absolute atomic E-state index is 5.57. The second-order valence-electron chi connectivity index (χ2n) is 3.99. The fourth-order valence-electron chi connectivity index (χ4n) is 1.91. The second-order valence-corrected chi connectivity index (χ2v) is 4.94. The largest absolute Gasteiger partial charge is 0.325 e. The number of aromatic nitrogens is 5. The fraction of sp³-hybridized carbons (Fsp3) is 0.273. The molecule has 0 unspecified atom stereocenters. The van der Waals surface area contributed by atoms with Crippen LogP contribution in [0.3, 0.4) is 0 Å². The minimum Gasteiger partial charge on any atom is -0.325 e. The minimum absolute atomic E-state index is 0.442. The van der Waals surface area contributed by atoms with Gasteiger partial charge in [-0.05, 0) is 13.8 Å². The quantitative estimate of drug-likeness (QED) is 0.751. The van der Waals surface area contributed by atoms with Crippen molar-refractivity contribution in [1.29, 1.82) is 0 Å². The van der Waals surface area contributed by atoms with Gasteiger partial charge in [0.2, 0.25) is 0 Å². The zero-order valence-corrected chi connectivity index (χ0v) is 10.9. The van der Waals surface area contributed by atoms with Crippen molar-refractivity contribution in [2.45, 2.75) is 20.4 Å². The molecule has 0 saturated carbocycles. The highest BCUT2D eigenvalue weighted by Crippen LogP contribution is 2.21. The Balaban J connectivity index is 2.23. The molecule has 92 valence electrons. The zero-order valence-electron chi connectivity index (χ0n) is 10.1. The highest BCUT2D eigenvalue weighted by molar-refractivity contribution is 7.09. The first-order valence-corrected chi connectivity index (χ1v) is 6.41. The summed E-state index contributed by atoms with van der Waals surface area (Å²) >= 11 is 1.53. The first-order valence-electron chi connectivity index (χ1n) is 5.53. The fourth-order valence-corrected chi connectivity index (χ4v) is 2.56. The van der Waals surface area contributed by atoms with Crippen molar-refractivity contribution in [2.75, 3.05) is 0 Å². The van der Waals surface area contributed by atoms with E-state index in [9.17, 15) is 0 Å². The summed E-state index contributed by atoms with van der Waals surface area (Å²) in [6.45, 7) is 4.32. The summed E-state index contributed by atoms with van der Waals surface area (Å²) in [5.41, 5.74) is 8.08. The van der Waals surface area contributed by atoms with Crippen molar-refractivity contribution in [2.24, 2.45) is 5.73 Å². The highest BCUT2D eigenvalue weighted by atomic mass is 32.1. The summed E-state index contributed by atoms with van der Waals surface area (Å²) in [6.07, 6.45) is 0. The zero-order chi connectivity index (χ0) is 12.7. The molecule has 6 nitrogen and oxygen atoms in total. The van der Waals surface area contributed by atoms with E-state index in [1.165, 1.54) is 11.3 Å². The van der Waals surface area contributed by atoms with Crippen LogP contribution in [0.5, 0.6) is 0 Å². The lowest BCUT2D eigenvalue weighted by molar-refractivity contribution is 0.954. The van der Waals surface area contributed by atoms with Gasteiger partial charge in [0, 0.05) is 23.7 Å². The van der Waals surface area contributed by atoms with Gasteiger partial charge in [0.05, 0.1) is 0 Å². The molecule has 0 amide bonds. The molecular weight excluding hydrogens is 248 g/mol. The van der Waals surface area contributed by atoms with E-state index in [1.807, 2.05) is 29.7 Å². The monoisotopic (exact) mass is 260 g/mol. The summed E-state index contributed by atoms with van der Waals surface area (Å²) in [4.78, 5) is 8.85. The number of aryl methyl sites for hydroxylation is 2. The van der Waals surface area contributed by atoms with Crippen LogP contribution < -0.4 is 5.73 Å². The molecule has 0 spiro atoms. The summed E-state index contributed by atoms with van der Waals surface area (Å²) in [5, 5.41) is 11.2. The van der Waals surface area contributed by atoms with Crippen LogP contribution in [0, 0.1) is 13.8 Å². The number of hydrogen-bond acceptors (Lipinski definition) is 6. The third-order valence-corrected chi connectivity index (χ3v) is 3.51. The predicted molar refractivity (Wildman–Crippen MR) is 69.3 cm³/mol. The van der Waals surface area contributed by atoms with Crippen LogP contribution in [0.2, 0.25) is 0 Å². The second kappa shape index (κ2) is 4.11. The average Bonchev–Trinajstić information content (AvgIpc) is 2.93. The van der Waals surface area contributed by atoms with Gasteiger partial charge < -0.3 is 5.73 Å². The van der Waals surface area contributed by atoms with Crippen LogP contribution in [-0.4, -0.2) is 24.6 Å². The topological polar surface area (TPSA) is 82.0 Å². The van der Waals surface area contributed by atoms with E-state index < -0.39 is 0 Å². The van der Waals surface area contributed by atoms with Crippen molar-refractivity contribution in [1.82, 2.24) is 24.6 Å². The number of hydrogen-bond donors (Lipinski definition) is 1. The van der Waals surface area contributed by atoms with Crippen molar-refractivity contribution in [3.05, 3.63) is 28.0 Å². The Morgan fingerprint density at radius 2 is 2.11 bits per heavy atom. The van der Waals surface area contributed by atoms with E-state index >= 15 is 0 Å². The van der Waals surface area contributed by atoms with Gasteiger partial charge in [0.25, 0.3) is 0 Å². The maximum atomic E-state index is 5.57. The number of rotatable bonds is 2. The molecule has 3 aromatic heterocycles. The first kappa shape index (κ1) is 11.2. The molecule has 7 heteroatoms. The molecule has 18 heavy (non-hydrogen) atoms. The highest BCUT2D eigenvalue weighted by Gasteiger charge is 2.13. The summed E-state index contributed by atoms with van der Waals surface area (Å²) in [6, 6.07) is 1.90. The minimum atomic E-state index is 0.442. The Kier molecular flexibility index (Phi) is 2.57. The van der Waals surface area contributed by atoms with Gasteiger partial charge in [0.1, 0.15) is 16.5 Å². The van der Waals surface area contributed by atoms with E-state index in [-0.39, 0.29) is 0 Å². The van der Waals surface area contributed by atoms with Gasteiger partial charge in [-0.25, -0.2) is 9.97 Å². The Labute approximate surface area is 108 Å². The lowest BCUT2D eigenvalue weighted by Crippen LogP contribution is -2.00. The molecule has 0 fully saturated rings. The van der Waals surface area contributed by atoms with Crippen LogP contribution in [0.1, 0.15) is 16.5 Å². The van der Waals surface area contributed by atoms with E-state index in [0.717, 1.165) is 27.9 Å². The molecule has 0 atom stereocenters. The Morgan fingerprint density at radius 3 is 2.83 bits per heavy atom. The van der Waals surface area contributed by atoms with Gasteiger partial charge >= 0.3 is 0 Å². The van der Waals surface area contributed by atoms with E-state index in [1.54, 1.807) is 0 Å². The molecule has 0 saturated heterocycles. The molecule has 0 aliphatic carbocycles. The lowest BCUT2D eigenvalue weighted by atomic mass is 10.4. The third-order valence-electron chi connectivity index (χ3n) is 2.64. The molecule has 0 bridgehead atoms. The van der Waals surface area contributed by atoms with Crippen LogP contribution >= 0.6 is 11.3 Å². The van der Waals surface area contributed by atoms with Crippen LogP contribution in [0.4, 0.5) is 0 Å². The van der Waals surface area contributed by atoms with E-state index in [0.29, 0.717) is 12.4 Å². The summed E-state index contributed by atoms with van der Waals surface area (Å²) in [7, 11) is 0. The predicted octanol–water partition coefficient (Wildman–Crippen LogP) is 1.32. The first-order chi connectivity index (χ1) is 8.69. The SMILES string of the molecule is Cc1cc2nnc(-c3csc(CN)n3)n2c(C)n1. The van der Waals surface area contributed by atoms with Crippen LogP contribution in [0.15, 0.2) is 11.4 Å². The number of nitrogens with two attached hydrogens (primary N) is 1. The molecule has 0 aromatic carbocycles. The van der Waals surface area contributed by atoms with Gasteiger partial charge in [-0.15, -0.1) is 21.5 Å².